The molecule has 1 N–H and O–H groups in total. The highest BCUT2D eigenvalue weighted by Crippen LogP contribution is 2.13. The Hall–Kier alpha value is -2.01. The van der Waals surface area contributed by atoms with E-state index < -0.39 is 5.97 Å². The summed E-state index contributed by atoms with van der Waals surface area (Å²) < 4.78 is 6.92. The average Bonchev–Trinajstić information content (AvgIpc) is 2.73. The van der Waals surface area contributed by atoms with Crippen LogP contribution in [0.25, 0.3) is 0 Å². The molecule has 1 aromatic carbocycles. The van der Waals surface area contributed by atoms with Crippen LogP contribution >= 0.6 is 11.6 Å². The molecule has 17 heavy (non-hydrogen) atoms. The van der Waals surface area contributed by atoms with Gasteiger partial charge in [-0.15, -0.1) is 0 Å². The minimum atomic E-state index is -0.963. The van der Waals surface area contributed by atoms with Crippen LogP contribution in [0, 0.1) is 0 Å². The van der Waals surface area contributed by atoms with Gasteiger partial charge in [0.25, 0.3) is 0 Å². The Bertz CT molecular complexity index is 522. The largest absolute Gasteiger partial charge is 0.478 e. The second kappa shape index (κ2) is 4.88. The highest BCUT2D eigenvalue weighted by atomic mass is 35.5. The number of aromatic nitrogens is 2. The van der Waals surface area contributed by atoms with Crippen molar-refractivity contribution in [2.75, 3.05) is 0 Å². The highest BCUT2D eigenvalue weighted by Gasteiger charge is 2.02. The second-order valence-electron chi connectivity index (χ2n) is 3.30. The summed E-state index contributed by atoms with van der Waals surface area (Å²) in [5, 5.41) is 13.2. The number of carboxylic acid groups (broad SMARTS) is 1. The van der Waals surface area contributed by atoms with Crippen LogP contribution in [0.4, 0.5) is 0 Å². The summed E-state index contributed by atoms with van der Waals surface area (Å²) in [4.78, 5) is 10.6. The van der Waals surface area contributed by atoms with Gasteiger partial charge in [0.15, 0.2) is 6.73 Å². The van der Waals surface area contributed by atoms with Crippen LogP contribution in [0.2, 0.25) is 5.02 Å². The van der Waals surface area contributed by atoms with Gasteiger partial charge in [0.05, 0.1) is 16.8 Å². The molecule has 0 saturated carbocycles. The van der Waals surface area contributed by atoms with Gasteiger partial charge in [0.1, 0.15) is 5.75 Å². The molecule has 0 aliphatic heterocycles. The molecule has 2 rings (SSSR count). The lowest BCUT2D eigenvalue weighted by Crippen LogP contribution is -2.05. The van der Waals surface area contributed by atoms with E-state index in [2.05, 4.69) is 5.10 Å². The standard InChI is InChI=1S/C11H9ClN2O3/c12-9-5-13-14(6-9)7-17-10-3-1-8(2-4-10)11(15)16/h1-6H,7H2,(H,15,16). The maximum absolute atomic E-state index is 10.6. The SMILES string of the molecule is O=C(O)c1ccc(OCn2cc(Cl)cn2)cc1. The Kier molecular flexibility index (Phi) is 3.30. The van der Waals surface area contributed by atoms with Gasteiger partial charge in [0, 0.05) is 6.20 Å². The van der Waals surface area contributed by atoms with E-state index in [-0.39, 0.29) is 12.3 Å². The van der Waals surface area contributed by atoms with Crippen molar-refractivity contribution in [3.05, 3.63) is 47.2 Å². The number of benzene rings is 1. The van der Waals surface area contributed by atoms with Crippen molar-refractivity contribution in [3.63, 3.8) is 0 Å². The molecular formula is C11H9ClN2O3. The molecule has 0 aliphatic carbocycles. The third-order valence-corrected chi connectivity index (χ3v) is 2.26. The fraction of sp³-hybridized carbons (Fsp3) is 0.0909. The summed E-state index contributed by atoms with van der Waals surface area (Å²) >= 11 is 5.69. The summed E-state index contributed by atoms with van der Waals surface area (Å²) in [6.45, 7) is 0.221. The molecule has 6 heteroatoms. The quantitative estimate of drug-likeness (QED) is 0.907. The first kappa shape index (κ1) is 11.5. The first-order chi connectivity index (χ1) is 8.15. The number of hydrogen-bond donors (Lipinski definition) is 1. The predicted molar refractivity (Wildman–Crippen MR) is 61.3 cm³/mol. The molecule has 0 amide bonds. The molecule has 2 aromatic rings. The van der Waals surface area contributed by atoms with E-state index in [0.29, 0.717) is 10.8 Å². The van der Waals surface area contributed by atoms with Gasteiger partial charge in [-0.2, -0.15) is 5.10 Å². The second-order valence-corrected chi connectivity index (χ2v) is 3.74. The lowest BCUT2D eigenvalue weighted by atomic mass is 10.2. The van der Waals surface area contributed by atoms with Gasteiger partial charge >= 0.3 is 5.97 Å². The third-order valence-electron chi connectivity index (χ3n) is 2.07. The zero-order valence-corrected chi connectivity index (χ0v) is 9.46. The Labute approximate surface area is 102 Å². The van der Waals surface area contributed by atoms with E-state index in [1.54, 1.807) is 18.3 Å². The lowest BCUT2D eigenvalue weighted by molar-refractivity contribution is 0.0697. The first-order valence-electron chi connectivity index (χ1n) is 4.79. The van der Waals surface area contributed by atoms with E-state index >= 15 is 0 Å². The number of ether oxygens (including phenoxy) is 1. The van der Waals surface area contributed by atoms with Crippen LogP contribution in [0.3, 0.4) is 0 Å². The molecule has 0 spiro atoms. The molecule has 0 fully saturated rings. The first-order valence-corrected chi connectivity index (χ1v) is 5.17. The van der Waals surface area contributed by atoms with E-state index in [4.69, 9.17) is 21.4 Å². The number of carboxylic acids is 1. The minimum absolute atomic E-state index is 0.221. The van der Waals surface area contributed by atoms with Crippen LogP contribution in [0.1, 0.15) is 10.4 Å². The van der Waals surface area contributed by atoms with Crippen molar-refractivity contribution in [2.24, 2.45) is 0 Å². The van der Waals surface area contributed by atoms with Crippen LogP contribution in [0.15, 0.2) is 36.7 Å². The van der Waals surface area contributed by atoms with Gasteiger partial charge in [-0.05, 0) is 24.3 Å². The predicted octanol–water partition coefficient (Wildman–Crippen LogP) is 2.27. The topological polar surface area (TPSA) is 64.3 Å². The van der Waals surface area contributed by atoms with E-state index in [9.17, 15) is 4.79 Å². The fourth-order valence-electron chi connectivity index (χ4n) is 1.24. The maximum atomic E-state index is 10.6. The molecule has 1 heterocycles. The normalized spacial score (nSPS) is 10.2. The summed E-state index contributed by atoms with van der Waals surface area (Å²) in [5.41, 5.74) is 0.222. The zero-order valence-electron chi connectivity index (χ0n) is 8.71. The van der Waals surface area contributed by atoms with Crippen molar-refractivity contribution >= 4 is 17.6 Å². The Balaban J connectivity index is 1.97. The summed E-state index contributed by atoms with van der Waals surface area (Å²) in [5.74, 6) is -0.392. The van der Waals surface area contributed by atoms with Gasteiger partial charge in [0.2, 0.25) is 0 Å². The van der Waals surface area contributed by atoms with Crippen molar-refractivity contribution < 1.29 is 14.6 Å². The van der Waals surface area contributed by atoms with Crippen molar-refractivity contribution in [3.8, 4) is 5.75 Å². The van der Waals surface area contributed by atoms with Crippen molar-refractivity contribution in [2.45, 2.75) is 6.73 Å². The number of rotatable bonds is 4. The average molecular weight is 253 g/mol. The highest BCUT2D eigenvalue weighted by molar-refractivity contribution is 6.30. The molecule has 0 unspecified atom stereocenters. The smallest absolute Gasteiger partial charge is 0.335 e. The Morgan fingerprint density at radius 3 is 2.65 bits per heavy atom. The number of hydrogen-bond acceptors (Lipinski definition) is 3. The molecule has 0 saturated heterocycles. The van der Waals surface area contributed by atoms with E-state index in [0.717, 1.165) is 0 Å². The van der Waals surface area contributed by atoms with Crippen LogP contribution < -0.4 is 4.74 Å². The van der Waals surface area contributed by atoms with Crippen molar-refractivity contribution in [1.82, 2.24) is 9.78 Å². The Morgan fingerprint density at radius 2 is 2.12 bits per heavy atom. The molecule has 88 valence electrons. The summed E-state index contributed by atoms with van der Waals surface area (Å²) in [6, 6.07) is 6.14. The molecular weight excluding hydrogens is 244 g/mol. The number of halogens is 1. The lowest BCUT2D eigenvalue weighted by Gasteiger charge is -2.05. The molecule has 0 bridgehead atoms. The maximum Gasteiger partial charge on any atom is 0.335 e. The monoisotopic (exact) mass is 252 g/mol. The van der Waals surface area contributed by atoms with Crippen LogP contribution in [-0.4, -0.2) is 20.9 Å². The number of carbonyl (C=O) groups is 1. The van der Waals surface area contributed by atoms with Crippen molar-refractivity contribution in [1.29, 1.82) is 0 Å². The van der Waals surface area contributed by atoms with Gasteiger partial charge in [-0.3, -0.25) is 0 Å². The zero-order chi connectivity index (χ0) is 12.3. The summed E-state index contributed by atoms with van der Waals surface area (Å²) in [7, 11) is 0. The molecule has 5 nitrogen and oxygen atoms in total. The molecule has 1 aromatic heterocycles. The van der Waals surface area contributed by atoms with E-state index in [1.807, 2.05) is 0 Å². The number of nitrogens with zero attached hydrogens (tertiary/aromatic N) is 2. The molecule has 0 radical (unpaired) electrons. The van der Waals surface area contributed by atoms with Gasteiger partial charge in [-0.1, -0.05) is 11.6 Å². The molecule has 0 atom stereocenters. The van der Waals surface area contributed by atoms with Gasteiger partial charge < -0.3 is 9.84 Å². The summed E-state index contributed by atoms with van der Waals surface area (Å²) in [6.07, 6.45) is 3.14. The van der Waals surface area contributed by atoms with Gasteiger partial charge in [-0.25, -0.2) is 9.48 Å². The Morgan fingerprint density at radius 1 is 1.41 bits per heavy atom. The molecule has 0 aliphatic rings. The van der Waals surface area contributed by atoms with Crippen LogP contribution in [-0.2, 0) is 6.73 Å². The van der Waals surface area contributed by atoms with Crippen LogP contribution in [0.5, 0.6) is 5.75 Å². The minimum Gasteiger partial charge on any atom is -0.478 e. The third kappa shape index (κ3) is 2.98. The fourth-order valence-corrected chi connectivity index (χ4v) is 1.40. The number of aromatic carboxylic acids is 1. The van der Waals surface area contributed by atoms with E-state index in [1.165, 1.54) is 23.0 Å².